The summed E-state index contributed by atoms with van der Waals surface area (Å²) in [7, 11) is -4.26. The van der Waals surface area contributed by atoms with Crippen molar-refractivity contribution in [3.05, 3.63) is 12.2 Å². The Bertz CT molecular complexity index is 537. The fourth-order valence-electron chi connectivity index (χ4n) is 2.21. The highest BCUT2D eigenvalue weighted by atomic mass is 28.4. The lowest BCUT2D eigenvalue weighted by Crippen LogP contribution is -2.62. The van der Waals surface area contributed by atoms with E-state index in [1.807, 2.05) is 0 Å². The first-order chi connectivity index (χ1) is 10.8. The van der Waals surface area contributed by atoms with Crippen LogP contribution in [0.4, 0.5) is 0 Å². The molecule has 0 fully saturated rings. The second kappa shape index (κ2) is 6.71. The number of ketones is 1. The first-order valence-electron chi connectivity index (χ1n) is 9.13. The van der Waals surface area contributed by atoms with Gasteiger partial charge in [-0.3, -0.25) is 4.79 Å². The molecule has 4 nitrogen and oxygen atoms in total. The molecule has 0 amide bonds. The third-order valence-corrected chi connectivity index (χ3v) is 15.2. The Morgan fingerprint density at radius 2 is 1.36 bits per heavy atom. The molecule has 146 valence electrons. The van der Waals surface area contributed by atoms with Gasteiger partial charge in [0.25, 0.3) is 0 Å². The number of hydrogen-bond acceptors (Lipinski definition) is 4. The van der Waals surface area contributed by atoms with Crippen LogP contribution in [-0.2, 0) is 13.6 Å². The van der Waals surface area contributed by atoms with Gasteiger partial charge in [-0.2, -0.15) is 0 Å². The summed E-state index contributed by atoms with van der Waals surface area (Å²) in [4.78, 5) is 12.3. The van der Waals surface area contributed by atoms with Crippen molar-refractivity contribution in [1.82, 2.24) is 0 Å². The molecule has 1 aliphatic carbocycles. The second-order valence-corrected chi connectivity index (χ2v) is 20.0. The number of carbonyl (C=O) groups is 1. The van der Waals surface area contributed by atoms with Crippen LogP contribution in [0.5, 0.6) is 0 Å². The van der Waals surface area contributed by atoms with E-state index in [-0.39, 0.29) is 15.9 Å². The zero-order valence-corrected chi connectivity index (χ0v) is 20.0. The van der Waals surface area contributed by atoms with E-state index in [2.05, 4.69) is 67.7 Å². The van der Waals surface area contributed by atoms with Gasteiger partial charge in [0.05, 0.1) is 6.10 Å². The minimum absolute atomic E-state index is 0.0190. The van der Waals surface area contributed by atoms with Crippen LogP contribution in [0.25, 0.3) is 0 Å². The second-order valence-electron chi connectivity index (χ2n) is 10.5. The molecular formula is C19H38O4Si2. The molecule has 0 aliphatic heterocycles. The molecule has 0 heterocycles. The van der Waals surface area contributed by atoms with Crippen molar-refractivity contribution < 1.29 is 18.8 Å². The molecule has 0 spiro atoms. The SMILES string of the molecule is CC(C)(C)[Si](C)(C)O[C@H]1C=CC(=O)[C@@](C)(O)[C@H]1O[Si](C)(C)C(C)(C)C. The molecule has 0 saturated heterocycles. The Morgan fingerprint density at radius 3 is 1.76 bits per heavy atom. The molecular weight excluding hydrogens is 348 g/mol. The van der Waals surface area contributed by atoms with Crippen LogP contribution in [-0.4, -0.2) is 45.3 Å². The monoisotopic (exact) mass is 386 g/mol. The average molecular weight is 387 g/mol. The Morgan fingerprint density at radius 1 is 0.960 bits per heavy atom. The van der Waals surface area contributed by atoms with Gasteiger partial charge in [0.2, 0.25) is 0 Å². The van der Waals surface area contributed by atoms with E-state index in [1.54, 1.807) is 13.0 Å². The predicted molar refractivity (Wildman–Crippen MR) is 109 cm³/mol. The van der Waals surface area contributed by atoms with Gasteiger partial charge in [-0.05, 0) is 49.3 Å². The Balaban J connectivity index is 3.26. The summed E-state index contributed by atoms with van der Waals surface area (Å²) in [6.07, 6.45) is 2.13. The third kappa shape index (κ3) is 4.72. The smallest absolute Gasteiger partial charge is 0.193 e. The van der Waals surface area contributed by atoms with Gasteiger partial charge in [-0.25, -0.2) is 0 Å². The minimum atomic E-state index is -2.18. The highest BCUT2D eigenvalue weighted by molar-refractivity contribution is 6.74. The van der Waals surface area contributed by atoms with E-state index in [0.29, 0.717) is 0 Å². The van der Waals surface area contributed by atoms with Gasteiger partial charge in [0, 0.05) is 0 Å². The summed E-state index contributed by atoms with van der Waals surface area (Å²) in [6.45, 7) is 23.2. The van der Waals surface area contributed by atoms with Gasteiger partial charge < -0.3 is 14.0 Å². The highest BCUT2D eigenvalue weighted by Crippen LogP contribution is 2.43. The molecule has 25 heavy (non-hydrogen) atoms. The Kier molecular flexibility index (Phi) is 6.11. The molecule has 3 atom stereocenters. The van der Waals surface area contributed by atoms with Crippen molar-refractivity contribution in [1.29, 1.82) is 0 Å². The number of hydrogen-bond donors (Lipinski definition) is 1. The van der Waals surface area contributed by atoms with Gasteiger partial charge in [0.15, 0.2) is 28.0 Å². The van der Waals surface area contributed by atoms with Gasteiger partial charge in [-0.15, -0.1) is 0 Å². The summed E-state index contributed by atoms with van der Waals surface area (Å²) >= 11 is 0. The molecule has 1 rings (SSSR count). The van der Waals surface area contributed by atoms with Crippen LogP contribution >= 0.6 is 0 Å². The van der Waals surface area contributed by atoms with Gasteiger partial charge >= 0.3 is 0 Å². The normalized spacial score (nSPS) is 29.2. The summed E-state index contributed by atoms with van der Waals surface area (Å²) in [5.41, 5.74) is -1.57. The zero-order valence-electron chi connectivity index (χ0n) is 18.0. The number of rotatable bonds is 4. The lowest BCUT2D eigenvalue weighted by atomic mass is 9.85. The van der Waals surface area contributed by atoms with E-state index in [0.717, 1.165) is 0 Å². The fourth-order valence-corrected chi connectivity index (χ4v) is 4.79. The van der Waals surface area contributed by atoms with Crippen LogP contribution in [0.2, 0.25) is 36.3 Å². The average Bonchev–Trinajstić information content (AvgIpc) is 2.36. The molecule has 0 aromatic carbocycles. The largest absolute Gasteiger partial charge is 0.408 e. The minimum Gasteiger partial charge on any atom is -0.408 e. The summed E-state index contributed by atoms with van der Waals surface area (Å²) < 4.78 is 13.0. The zero-order chi connectivity index (χ0) is 20.1. The van der Waals surface area contributed by atoms with Crippen molar-refractivity contribution in [2.24, 2.45) is 0 Å². The van der Waals surface area contributed by atoms with Crippen molar-refractivity contribution in [3.63, 3.8) is 0 Å². The Labute approximate surface area is 156 Å². The highest BCUT2D eigenvalue weighted by Gasteiger charge is 2.52. The van der Waals surface area contributed by atoms with Crippen LogP contribution in [0.3, 0.4) is 0 Å². The van der Waals surface area contributed by atoms with Gasteiger partial charge in [-0.1, -0.05) is 47.6 Å². The maximum Gasteiger partial charge on any atom is 0.193 e. The molecule has 0 unspecified atom stereocenters. The molecule has 0 bridgehead atoms. The molecule has 0 aromatic heterocycles. The summed E-state index contributed by atoms with van der Waals surface area (Å²) in [6, 6.07) is 0. The van der Waals surface area contributed by atoms with Crippen LogP contribution in [0.1, 0.15) is 48.5 Å². The number of carbonyl (C=O) groups excluding carboxylic acids is 1. The fraction of sp³-hybridized carbons (Fsp3) is 0.842. The number of aliphatic hydroxyl groups is 1. The summed E-state index contributed by atoms with van der Waals surface area (Å²) in [5.74, 6) is -0.314. The first kappa shape index (κ1) is 22.8. The van der Waals surface area contributed by atoms with Crippen molar-refractivity contribution in [2.45, 2.75) is 103 Å². The molecule has 0 saturated carbocycles. The van der Waals surface area contributed by atoms with E-state index in [9.17, 15) is 9.90 Å². The lowest BCUT2D eigenvalue weighted by Gasteiger charge is -2.48. The Hall–Kier alpha value is -0.276. The maximum atomic E-state index is 12.3. The van der Waals surface area contributed by atoms with Crippen molar-refractivity contribution >= 4 is 22.4 Å². The molecule has 0 aromatic rings. The molecule has 6 heteroatoms. The third-order valence-electron chi connectivity index (χ3n) is 6.25. The van der Waals surface area contributed by atoms with Crippen molar-refractivity contribution in [3.8, 4) is 0 Å². The van der Waals surface area contributed by atoms with E-state index in [1.165, 1.54) is 6.08 Å². The van der Waals surface area contributed by atoms with Gasteiger partial charge in [0.1, 0.15) is 6.10 Å². The standard InChI is InChI=1S/C19H38O4Si2/c1-17(2,3)24(8,9)22-14-12-13-15(20)19(7,21)16(14)23-25(10,11)18(4,5)6/h12-14,16,21H,1-11H3/t14-,16-,19+/m0/s1. The van der Waals surface area contributed by atoms with Crippen LogP contribution in [0.15, 0.2) is 12.2 Å². The lowest BCUT2D eigenvalue weighted by molar-refractivity contribution is -0.149. The topological polar surface area (TPSA) is 55.8 Å². The maximum absolute atomic E-state index is 12.3. The van der Waals surface area contributed by atoms with E-state index in [4.69, 9.17) is 8.85 Å². The molecule has 1 aliphatic rings. The van der Waals surface area contributed by atoms with E-state index < -0.39 is 34.4 Å². The van der Waals surface area contributed by atoms with Crippen LogP contribution < -0.4 is 0 Å². The quantitative estimate of drug-likeness (QED) is 0.714. The van der Waals surface area contributed by atoms with E-state index >= 15 is 0 Å². The molecule has 0 radical (unpaired) electrons. The first-order valence-corrected chi connectivity index (χ1v) is 15.0. The predicted octanol–water partition coefficient (Wildman–Crippen LogP) is 4.66. The van der Waals surface area contributed by atoms with Crippen molar-refractivity contribution in [2.75, 3.05) is 0 Å². The van der Waals surface area contributed by atoms with Crippen LogP contribution in [0, 0.1) is 0 Å². The molecule has 1 N–H and O–H groups in total. The summed E-state index contributed by atoms with van der Waals surface area (Å²) in [5, 5.41) is 11.0.